The molecular formula is C15H20N2S2. The number of aromatic nitrogens is 1. The highest BCUT2D eigenvalue weighted by Crippen LogP contribution is 2.26. The second-order valence-electron chi connectivity index (χ2n) is 4.75. The SMILES string of the molecule is Cc1nc(CSc2ccccc2)sc1CNC(C)C. The molecule has 1 aromatic carbocycles. The van der Waals surface area contributed by atoms with E-state index in [0.717, 1.165) is 12.3 Å². The number of benzene rings is 1. The van der Waals surface area contributed by atoms with Gasteiger partial charge in [-0.3, -0.25) is 0 Å². The minimum atomic E-state index is 0.517. The fraction of sp³-hybridized carbons (Fsp3) is 0.400. The third-order valence-electron chi connectivity index (χ3n) is 2.71. The average Bonchev–Trinajstić information content (AvgIpc) is 2.76. The Bertz CT molecular complexity index is 506. The first-order valence-electron chi connectivity index (χ1n) is 6.51. The maximum atomic E-state index is 4.66. The van der Waals surface area contributed by atoms with Crippen molar-refractivity contribution in [1.82, 2.24) is 10.3 Å². The molecule has 0 spiro atoms. The molecule has 0 saturated heterocycles. The third kappa shape index (κ3) is 4.64. The summed E-state index contributed by atoms with van der Waals surface area (Å²) in [6, 6.07) is 11.0. The lowest BCUT2D eigenvalue weighted by atomic mass is 10.3. The van der Waals surface area contributed by atoms with Gasteiger partial charge in [0.05, 0.1) is 11.4 Å². The highest BCUT2D eigenvalue weighted by atomic mass is 32.2. The van der Waals surface area contributed by atoms with Gasteiger partial charge in [-0.25, -0.2) is 4.98 Å². The van der Waals surface area contributed by atoms with E-state index in [1.807, 2.05) is 29.2 Å². The number of hydrogen-bond donors (Lipinski definition) is 1. The first-order valence-corrected chi connectivity index (χ1v) is 8.32. The zero-order valence-corrected chi connectivity index (χ0v) is 13.3. The molecule has 0 unspecified atom stereocenters. The van der Waals surface area contributed by atoms with E-state index in [1.165, 1.54) is 20.5 Å². The first-order chi connectivity index (χ1) is 9.15. The molecule has 0 aliphatic carbocycles. The van der Waals surface area contributed by atoms with Crippen molar-refractivity contribution in [2.75, 3.05) is 0 Å². The quantitative estimate of drug-likeness (QED) is 0.806. The minimum Gasteiger partial charge on any atom is -0.310 e. The summed E-state index contributed by atoms with van der Waals surface area (Å²) >= 11 is 3.67. The third-order valence-corrected chi connectivity index (χ3v) is 5.08. The summed E-state index contributed by atoms with van der Waals surface area (Å²) in [5.74, 6) is 0.956. The van der Waals surface area contributed by atoms with Gasteiger partial charge >= 0.3 is 0 Å². The van der Waals surface area contributed by atoms with E-state index in [-0.39, 0.29) is 0 Å². The van der Waals surface area contributed by atoms with Crippen molar-refractivity contribution in [3.8, 4) is 0 Å². The topological polar surface area (TPSA) is 24.9 Å². The van der Waals surface area contributed by atoms with Gasteiger partial charge in [0.15, 0.2) is 0 Å². The largest absolute Gasteiger partial charge is 0.310 e. The summed E-state index contributed by atoms with van der Waals surface area (Å²) in [7, 11) is 0. The van der Waals surface area contributed by atoms with Crippen LogP contribution in [0.25, 0.3) is 0 Å². The van der Waals surface area contributed by atoms with Gasteiger partial charge in [0.2, 0.25) is 0 Å². The van der Waals surface area contributed by atoms with E-state index >= 15 is 0 Å². The normalized spacial score (nSPS) is 11.2. The standard InChI is InChI=1S/C15H20N2S2/c1-11(2)16-9-14-12(3)17-15(19-14)10-18-13-7-5-4-6-8-13/h4-8,11,16H,9-10H2,1-3H3. The fourth-order valence-corrected chi connectivity index (χ4v) is 3.61. The Kier molecular flexibility index (Phi) is 5.43. The molecule has 0 atom stereocenters. The van der Waals surface area contributed by atoms with E-state index in [9.17, 15) is 0 Å². The molecule has 0 fully saturated rings. The van der Waals surface area contributed by atoms with Crippen molar-refractivity contribution >= 4 is 23.1 Å². The lowest BCUT2D eigenvalue weighted by Gasteiger charge is -2.05. The number of nitrogens with one attached hydrogen (secondary N) is 1. The van der Waals surface area contributed by atoms with E-state index < -0.39 is 0 Å². The van der Waals surface area contributed by atoms with Crippen molar-refractivity contribution in [2.24, 2.45) is 0 Å². The molecule has 1 N–H and O–H groups in total. The van der Waals surface area contributed by atoms with Crippen LogP contribution in [0.3, 0.4) is 0 Å². The van der Waals surface area contributed by atoms with Gasteiger partial charge in [0.25, 0.3) is 0 Å². The zero-order chi connectivity index (χ0) is 13.7. The smallest absolute Gasteiger partial charge is 0.103 e. The molecule has 0 radical (unpaired) electrons. The molecule has 0 saturated carbocycles. The second-order valence-corrected chi connectivity index (χ2v) is 6.97. The number of hydrogen-bond acceptors (Lipinski definition) is 4. The Labute approximate surface area is 123 Å². The molecule has 102 valence electrons. The van der Waals surface area contributed by atoms with Crippen LogP contribution >= 0.6 is 23.1 Å². The van der Waals surface area contributed by atoms with E-state index in [0.29, 0.717) is 6.04 Å². The van der Waals surface area contributed by atoms with E-state index in [1.54, 1.807) is 0 Å². The molecule has 2 aromatic rings. The van der Waals surface area contributed by atoms with E-state index in [2.05, 4.69) is 55.3 Å². The average molecular weight is 292 g/mol. The Morgan fingerprint density at radius 2 is 2.00 bits per heavy atom. The number of thiazole rings is 1. The summed E-state index contributed by atoms with van der Waals surface area (Å²) in [6.07, 6.45) is 0. The lowest BCUT2D eigenvalue weighted by molar-refractivity contribution is 0.591. The number of rotatable bonds is 6. The van der Waals surface area contributed by atoms with Crippen LogP contribution in [-0.2, 0) is 12.3 Å². The molecule has 0 aliphatic rings. The molecule has 2 nitrogen and oxygen atoms in total. The molecule has 0 bridgehead atoms. The van der Waals surface area contributed by atoms with Crippen LogP contribution in [0.4, 0.5) is 0 Å². The summed E-state index contributed by atoms with van der Waals surface area (Å²) in [6.45, 7) is 7.37. The summed E-state index contributed by atoms with van der Waals surface area (Å²) < 4.78 is 0. The molecule has 0 aliphatic heterocycles. The van der Waals surface area contributed by atoms with Crippen molar-refractivity contribution in [3.05, 3.63) is 45.9 Å². The van der Waals surface area contributed by atoms with Crippen molar-refractivity contribution in [2.45, 2.75) is 44.0 Å². The molecule has 2 rings (SSSR count). The van der Waals surface area contributed by atoms with Crippen molar-refractivity contribution in [3.63, 3.8) is 0 Å². The molecule has 19 heavy (non-hydrogen) atoms. The van der Waals surface area contributed by atoms with Crippen LogP contribution in [0.5, 0.6) is 0 Å². The molecule has 1 aromatic heterocycles. The predicted molar refractivity (Wildman–Crippen MR) is 84.8 cm³/mol. The minimum absolute atomic E-state index is 0.517. The van der Waals surface area contributed by atoms with Gasteiger partial charge in [-0.2, -0.15) is 0 Å². The maximum Gasteiger partial charge on any atom is 0.103 e. The lowest BCUT2D eigenvalue weighted by Crippen LogP contribution is -2.21. The summed E-state index contributed by atoms with van der Waals surface area (Å²) in [5.41, 5.74) is 1.17. The van der Waals surface area contributed by atoms with Crippen molar-refractivity contribution in [1.29, 1.82) is 0 Å². The molecular weight excluding hydrogens is 272 g/mol. The van der Waals surface area contributed by atoms with Gasteiger partial charge in [0.1, 0.15) is 5.01 Å². The molecule has 4 heteroatoms. The highest BCUT2D eigenvalue weighted by molar-refractivity contribution is 7.98. The fourth-order valence-electron chi connectivity index (χ4n) is 1.67. The van der Waals surface area contributed by atoms with Gasteiger partial charge in [-0.15, -0.1) is 23.1 Å². The monoisotopic (exact) mass is 292 g/mol. The van der Waals surface area contributed by atoms with Crippen molar-refractivity contribution < 1.29 is 0 Å². The summed E-state index contributed by atoms with van der Waals surface area (Å²) in [5, 5.41) is 4.67. The van der Waals surface area contributed by atoms with Gasteiger partial charge in [0, 0.05) is 22.4 Å². The second kappa shape index (κ2) is 7.08. The molecule has 1 heterocycles. The Hall–Kier alpha value is -0.840. The zero-order valence-electron chi connectivity index (χ0n) is 11.6. The van der Waals surface area contributed by atoms with Crippen LogP contribution < -0.4 is 5.32 Å². The Balaban J connectivity index is 1.92. The van der Waals surface area contributed by atoms with Crippen LogP contribution in [0.15, 0.2) is 35.2 Å². The Morgan fingerprint density at radius 3 is 2.68 bits per heavy atom. The van der Waals surface area contributed by atoms with E-state index in [4.69, 9.17) is 0 Å². The number of thioether (sulfide) groups is 1. The number of nitrogens with zero attached hydrogens (tertiary/aromatic N) is 1. The predicted octanol–water partition coefficient (Wildman–Crippen LogP) is 4.24. The van der Waals surface area contributed by atoms with Gasteiger partial charge in [-0.05, 0) is 19.1 Å². The maximum absolute atomic E-state index is 4.66. The first kappa shape index (κ1) is 14.6. The summed E-state index contributed by atoms with van der Waals surface area (Å²) in [4.78, 5) is 7.32. The van der Waals surface area contributed by atoms with Crippen LogP contribution in [0.2, 0.25) is 0 Å². The molecule has 0 amide bonds. The van der Waals surface area contributed by atoms with Crippen LogP contribution in [0.1, 0.15) is 29.4 Å². The van der Waals surface area contributed by atoms with Crippen LogP contribution in [-0.4, -0.2) is 11.0 Å². The Morgan fingerprint density at radius 1 is 1.26 bits per heavy atom. The number of aryl methyl sites for hydroxylation is 1. The van der Waals surface area contributed by atoms with Gasteiger partial charge in [-0.1, -0.05) is 32.0 Å². The van der Waals surface area contributed by atoms with Crippen LogP contribution in [0, 0.1) is 6.92 Å². The van der Waals surface area contributed by atoms with Gasteiger partial charge < -0.3 is 5.32 Å². The highest BCUT2D eigenvalue weighted by Gasteiger charge is 2.08.